The van der Waals surface area contributed by atoms with Crippen molar-refractivity contribution in [2.24, 2.45) is 0 Å². The van der Waals surface area contributed by atoms with Crippen LogP contribution in [0, 0.1) is 13.0 Å². The molecule has 7 aromatic rings. The van der Waals surface area contributed by atoms with Crippen molar-refractivity contribution in [3.8, 4) is 45.2 Å². The first kappa shape index (κ1) is 36.3. The largest absolute Gasteiger partial charge is 0.507 e. The van der Waals surface area contributed by atoms with E-state index in [4.69, 9.17) is 9.97 Å². The monoisotopic (exact) mass is 873 g/mol. The number of aromatic hydroxyl groups is 1. The second-order valence-electron chi connectivity index (χ2n) is 16.0. The third kappa shape index (κ3) is 5.89. The van der Waals surface area contributed by atoms with E-state index in [-0.39, 0.29) is 37.6 Å². The molecule has 0 atom stereocenters. The van der Waals surface area contributed by atoms with Crippen LogP contribution in [0.5, 0.6) is 5.75 Å². The van der Waals surface area contributed by atoms with Gasteiger partial charge in [0.25, 0.3) is 0 Å². The average Bonchev–Trinajstić information content (AvgIpc) is 3.64. The zero-order chi connectivity index (χ0) is 36.4. The molecule has 0 fully saturated rings. The van der Waals surface area contributed by atoms with Gasteiger partial charge in [0.05, 0.1) is 16.7 Å². The van der Waals surface area contributed by atoms with E-state index in [1.165, 1.54) is 22.3 Å². The summed E-state index contributed by atoms with van der Waals surface area (Å²) in [7, 11) is 0. The Morgan fingerprint density at radius 1 is 0.660 bits per heavy atom. The van der Waals surface area contributed by atoms with E-state index in [1.807, 2.05) is 30.5 Å². The summed E-state index contributed by atoms with van der Waals surface area (Å²) in [6.45, 7) is 15.2. The molecule has 2 heterocycles. The maximum atomic E-state index is 12.1. The Morgan fingerprint density at radius 2 is 1.28 bits per heavy atom. The number of pyridine rings is 1. The number of phenols is 1. The van der Waals surface area contributed by atoms with E-state index in [2.05, 4.69) is 162 Å². The molecule has 268 valence electrons. The van der Waals surface area contributed by atoms with Crippen molar-refractivity contribution >= 4 is 0 Å². The number of benzene rings is 5. The van der Waals surface area contributed by atoms with Crippen LogP contribution < -0.4 is 0 Å². The van der Waals surface area contributed by atoms with Crippen LogP contribution in [0.25, 0.3) is 39.5 Å². The Hall–Kier alpha value is -5.05. The van der Waals surface area contributed by atoms with Crippen molar-refractivity contribution in [1.82, 2.24) is 14.5 Å². The quantitative estimate of drug-likeness (QED) is 0.175. The van der Waals surface area contributed by atoms with Gasteiger partial charge in [0.15, 0.2) is 0 Å². The molecule has 8 rings (SSSR count). The second kappa shape index (κ2) is 13.4. The summed E-state index contributed by atoms with van der Waals surface area (Å²) < 4.78 is 2.18. The third-order valence-electron chi connectivity index (χ3n) is 10.6. The van der Waals surface area contributed by atoms with Crippen LogP contribution in [0.15, 0.2) is 134 Å². The van der Waals surface area contributed by atoms with Gasteiger partial charge in [-0.2, -0.15) is 0 Å². The van der Waals surface area contributed by atoms with Gasteiger partial charge < -0.3 is 9.67 Å². The molecular formula is C48H44N3OPt-. The Labute approximate surface area is 327 Å². The van der Waals surface area contributed by atoms with Crippen LogP contribution in [0.2, 0.25) is 0 Å². The van der Waals surface area contributed by atoms with Gasteiger partial charge in [0.2, 0.25) is 0 Å². The summed E-state index contributed by atoms with van der Waals surface area (Å²) in [6, 6.07) is 48.4. The standard InChI is InChI=1S/C48H44N3O.Pt/c1-31-43(50-45(51(31)35-20-9-8-10-21-35)38-29-34(46(2,3)4)30-41(44(38)52)47(5,6)7)32-18-17-19-33(28-32)48(42-26-15-16-27-49-42)39-24-13-11-22-36(39)37-23-12-14-25-40(37)48;/h8-27,29-30,52H,1-7H3;/q-1;. The summed E-state index contributed by atoms with van der Waals surface area (Å²) in [5.41, 5.74) is 12.1. The molecular weight excluding hydrogens is 830 g/mol. The van der Waals surface area contributed by atoms with Crippen LogP contribution in [0.4, 0.5) is 0 Å². The van der Waals surface area contributed by atoms with Gasteiger partial charge in [-0.3, -0.25) is 9.97 Å². The minimum atomic E-state index is -0.676. The molecule has 0 bridgehead atoms. The van der Waals surface area contributed by atoms with Gasteiger partial charge in [-0.1, -0.05) is 120 Å². The predicted octanol–water partition coefficient (Wildman–Crippen LogP) is 11.4. The van der Waals surface area contributed by atoms with E-state index in [9.17, 15) is 5.11 Å². The SMILES string of the molecule is Cc1c(-c2[c-]c(C3(c4ccccn4)c4ccccc4-c4ccccc43)ccc2)nc(-c2cc(C(C)(C)C)cc(C(C)(C)C)c2O)n1-c1ccccc1.[Pt]. The normalized spacial score (nSPS) is 13.3. The smallest absolute Gasteiger partial charge is 0.138 e. The number of nitrogens with zero attached hydrogens (tertiary/aromatic N) is 3. The zero-order valence-electron chi connectivity index (χ0n) is 31.3. The molecule has 2 aromatic heterocycles. The van der Waals surface area contributed by atoms with Crippen LogP contribution >= 0.6 is 0 Å². The third-order valence-corrected chi connectivity index (χ3v) is 10.6. The van der Waals surface area contributed by atoms with Crippen LogP contribution in [-0.2, 0) is 37.3 Å². The van der Waals surface area contributed by atoms with Crippen LogP contribution in [0.1, 0.15) is 80.7 Å². The first-order chi connectivity index (χ1) is 24.9. The molecule has 0 saturated heterocycles. The minimum Gasteiger partial charge on any atom is -0.507 e. The number of hydrogen-bond acceptors (Lipinski definition) is 3. The molecule has 0 unspecified atom stereocenters. The number of hydrogen-bond donors (Lipinski definition) is 1. The Kier molecular flexibility index (Phi) is 9.19. The fourth-order valence-electron chi connectivity index (χ4n) is 7.99. The topological polar surface area (TPSA) is 50.9 Å². The Morgan fingerprint density at radius 3 is 1.89 bits per heavy atom. The maximum Gasteiger partial charge on any atom is 0.138 e. The fourth-order valence-corrected chi connectivity index (χ4v) is 7.99. The van der Waals surface area contributed by atoms with E-state index in [1.54, 1.807) is 0 Å². The van der Waals surface area contributed by atoms with Crippen molar-refractivity contribution in [3.63, 3.8) is 0 Å². The van der Waals surface area contributed by atoms with Crippen LogP contribution in [-0.4, -0.2) is 19.6 Å². The van der Waals surface area contributed by atoms with Gasteiger partial charge in [0, 0.05) is 49.9 Å². The molecule has 53 heavy (non-hydrogen) atoms. The van der Waals surface area contributed by atoms with Gasteiger partial charge in [-0.05, 0) is 75.9 Å². The summed E-state index contributed by atoms with van der Waals surface area (Å²) >= 11 is 0. The summed E-state index contributed by atoms with van der Waals surface area (Å²) in [4.78, 5) is 10.5. The Balaban J connectivity index is 0.00000435. The molecule has 0 saturated carbocycles. The van der Waals surface area contributed by atoms with Gasteiger partial charge >= 0.3 is 0 Å². The molecule has 5 heteroatoms. The molecule has 5 aromatic carbocycles. The molecule has 0 spiro atoms. The van der Waals surface area contributed by atoms with Crippen molar-refractivity contribution in [2.45, 2.75) is 64.7 Å². The number of fused-ring (bicyclic) bond motifs is 3. The van der Waals surface area contributed by atoms with Crippen molar-refractivity contribution in [2.75, 3.05) is 0 Å². The average molecular weight is 874 g/mol. The van der Waals surface area contributed by atoms with Crippen molar-refractivity contribution in [3.05, 3.63) is 179 Å². The van der Waals surface area contributed by atoms with E-state index < -0.39 is 5.41 Å². The number of aromatic nitrogens is 3. The fraction of sp³-hybridized carbons (Fsp3) is 0.208. The molecule has 4 nitrogen and oxygen atoms in total. The molecule has 1 N–H and O–H groups in total. The first-order valence-corrected chi connectivity index (χ1v) is 18.1. The van der Waals surface area contributed by atoms with E-state index in [0.717, 1.165) is 50.6 Å². The summed E-state index contributed by atoms with van der Waals surface area (Å²) in [5.74, 6) is 0.961. The maximum absolute atomic E-state index is 12.1. The number of rotatable bonds is 5. The molecule has 1 aliphatic carbocycles. The molecule has 1 aliphatic rings. The van der Waals surface area contributed by atoms with Gasteiger partial charge in [-0.15, -0.1) is 35.4 Å². The van der Waals surface area contributed by atoms with E-state index in [0.29, 0.717) is 5.82 Å². The first-order valence-electron chi connectivity index (χ1n) is 18.1. The van der Waals surface area contributed by atoms with E-state index >= 15 is 0 Å². The Bertz CT molecular complexity index is 2400. The summed E-state index contributed by atoms with van der Waals surface area (Å²) in [5, 5.41) is 12.1. The minimum absolute atomic E-state index is 0. The van der Waals surface area contributed by atoms with Gasteiger partial charge in [0.1, 0.15) is 11.6 Å². The van der Waals surface area contributed by atoms with Crippen molar-refractivity contribution < 1.29 is 26.2 Å². The molecule has 0 aliphatic heterocycles. The number of para-hydroxylation sites is 1. The number of phenolic OH excluding ortho intramolecular Hbond substituents is 1. The van der Waals surface area contributed by atoms with Crippen molar-refractivity contribution in [1.29, 1.82) is 0 Å². The zero-order valence-corrected chi connectivity index (χ0v) is 33.6. The van der Waals surface area contributed by atoms with Crippen LogP contribution in [0.3, 0.4) is 0 Å². The predicted molar refractivity (Wildman–Crippen MR) is 212 cm³/mol. The number of imidazole rings is 1. The molecule has 0 amide bonds. The second-order valence-corrected chi connectivity index (χ2v) is 16.0. The molecule has 0 radical (unpaired) electrons. The summed E-state index contributed by atoms with van der Waals surface area (Å²) in [6.07, 6.45) is 1.88. The van der Waals surface area contributed by atoms with Gasteiger partial charge in [-0.25, -0.2) is 0 Å².